The number of hydrogen-bond donors (Lipinski definition) is 0. The van der Waals surface area contributed by atoms with Gasteiger partial charge in [-0.3, -0.25) is 19.7 Å². The summed E-state index contributed by atoms with van der Waals surface area (Å²) in [6, 6.07) is 10.9. The Morgan fingerprint density at radius 3 is 2.58 bits per heavy atom. The fourth-order valence-electron chi connectivity index (χ4n) is 2.79. The Kier molecular flexibility index (Phi) is 7.14. The highest BCUT2D eigenvalue weighted by Gasteiger charge is 2.15. The zero-order valence-electron chi connectivity index (χ0n) is 17.1. The molecule has 0 aliphatic heterocycles. The highest BCUT2D eigenvalue weighted by atomic mass is 32.1. The molecule has 2 aromatic carbocycles. The van der Waals surface area contributed by atoms with Gasteiger partial charge < -0.3 is 14.0 Å². The monoisotopic (exact) mass is 443 g/mol. The maximum absolute atomic E-state index is 12.7. The summed E-state index contributed by atoms with van der Waals surface area (Å²) < 4.78 is 12.4. The molecule has 0 fully saturated rings. The lowest BCUT2D eigenvalue weighted by Crippen LogP contribution is -2.22. The van der Waals surface area contributed by atoms with Gasteiger partial charge in [0.25, 0.3) is 11.6 Å². The van der Waals surface area contributed by atoms with Crippen LogP contribution in [0.15, 0.2) is 47.5 Å². The number of benzene rings is 2. The summed E-state index contributed by atoms with van der Waals surface area (Å²) in [5.74, 6) is -0.361. The fraction of sp³-hybridized carbons (Fsp3) is 0.286. The molecule has 1 aromatic heterocycles. The first-order valence-electron chi connectivity index (χ1n) is 9.59. The van der Waals surface area contributed by atoms with E-state index in [1.165, 1.54) is 29.9 Å². The Balaban J connectivity index is 1.97. The van der Waals surface area contributed by atoms with E-state index < -0.39 is 16.8 Å². The lowest BCUT2D eigenvalue weighted by molar-refractivity contribution is -0.384. The van der Waals surface area contributed by atoms with Crippen LogP contribution in [0.2, 0.25) is 0 Å². The number of ether oxygens (including phenoxy) is 2. The Morgan fingerprint density at radius 1 is 1.19 bits per heavy atom. The van der Waals surface area contributed by atoms with Crippen molar-refractivity contribution in [1.29, 1.82) is 0 Å². The Labute approximate surface area is 181 Å². The number of carbonyl (C=O) groups excluding carboxylic acids is 2. The molecule has 10 heteroatoms. The van der Waals surface area contributed by atoms with Crippen molar-refractivity contribution in [3.05, 3.63) is 62.9 Å². The average molecular weight is 443 g/mol. The van der Waals surface area contributed by atoms with Gasteiger partial charge in [0.1, 0.15) is 12.3 Å². The van der Waals surface area contributed by atoms with Gasteiger partial charge >= 0.3 is 5.97 Å². The van der Waals surface area contributed by atoms with E-state index in [9.17, 15) is 19.7 Å². The fourth-order valence-corrected chi connectivity index (χ4v) is 3.85. The standard InChI is InChI=1S/C21H21N3O6S/c1-3-4-11-30-16-8-5-14(6-9-16)20(26)22-21-23(13-19(25)29-2)17-10-7-15(24(27)28)12-18(17)31-21/h5-10,12H,3-4,11,13H2,1-2H3. The predicted octanol–water partition coefficient (Wildman–Crippen LogP) is 3.70. The molecule has 31 heavy (non-hydrogen) atoms. The van der Waals surface area contributed by atoms with Gasteiger partial charge in [-0.25, -0.2) is 0 Å². The third-order valence-electron chi connectivity index (χ3n) is 4.46. The zero-order valence-corrected chi connectivity index (χ0v) is 17.9. The van der Waals surface area contributed by atoms with Crippen LogP contribution >= 0.6 is 11.3 Å². The van der Waals surface area contributed by atoms with Crippen molar-refractivity contribution in [3.8, 4) is 5.75 Å². The Hall–Kier alpha value is -3.53. The minimum Gasteiger partial charge on any atom is -0.494 e. The molecule has 0 spiro atoms. The van der Waals surface area contributed by atoms with Gasteiger partial charge in [-0.2, -0.15) is 4.99 Å². The van der Waals surface area contributed by atoms with Gasteiger partial charge in [-0.15, -0.1) is 0 Å². The highest BCUT2D eigenvalue weighted by Crippen LogP contribution is 2.23. The number of hydrogen-bond acceptors (Lipinski definition) is 7. The summed E-state index contributed by atoms with van der Waals surface area (Å²) in [5, 5.41) is 11.1. The van der Waals surface area contributed by atoms with Crippen LogP contribution in [0.3, 0.4) is 0 Å². The predicted molar refractivity (Wildman–Crippen MR) is 115 cm³/mol. The molecule has 3 rings (SSSR count). The summed E-state index contributed by atoms with van der Waals surface area (Å²) in [6.07, 6.45) is 1.97. The number of non-ortho nitro benzene ring substituents is 1. The van der Waals surface area contributed by atoms with Crippen LogP contribution < -0.4 is 9.54 Å². The van der Waals surface area contributed by atoms with Crippen LogP contribution in [0.1, 0.15) is 30.1 Å². The number of unbranched alkanes of at least 4 members (excludes halogenated alkanes) is 1. The van der Waals surface area contributed by atoms with Gasteiger partial charge in [0.2, 0.25) is 0 Å². The lowest BCUT2D eigenvalue weighted by atomic mass is 10.2. The Morgan fingerprint density at radius 2 is 1.94 bits per heavy atom. The minimum absolute atomic E-state index is 0.0875. The molecule has 9 nitrogen and oxygen atoms in total. The summed E-state index contributed by atoms with van der Waals surface area (Å²) in [7, 11) is 1.26. The van der Waals surface area contributed by atoms with Crippen molar-refractivity contribution >= 4 is 39.1 Å². The molecular weight excluding hydrogens is 422 g/mol. The second-order valence-electron chi connectivity index (χ2n) is 6.60. The molecule has 0 aliphatic rings. The van der Waals surface area contributed by atoms with E-state index in [2.05, 4.69) is 11.9 Å². The second kappa shape index (κ2) is 9.98. The molecule has 1 amide bonds. The number of nitro benzene ring substituents is 1. The number of nitro groups is 1. The van der Waals surface area contributed by atoms with Crippen LogP contribution in [0.25, 0.3) is 10.2 Å². The SMILES string of the molecule is CCCCOc1ccc(C(=O)N=c2sc3cc([N+](=O)[O-])ccc3n2CC(=O)OC)cc1. The van der Waals surface area contributed by atoms with Crippen molar-refractivity contribution in [3.63, 3.8) is 0 Å². The number of carbonyl (C=O) groups is 2. The quantitative estimate of drug-likeness (QED) is 0.227. The summed E-state index contributed by atoms with van der Waals surface area (Å²) in [6.45, 7) is 2.51. The van der Waals surface area contributed by atoms with Crippen molar-refractivity contribution in [1.82, 2.24) is 4.57 Å². The van der Waals surface area contributed by atoms with Crippen LogP contribution in [-0.4, -0.2) is 35.1 Å². The number of esters is 1. The summed E-state index contributed by atoms with van der Waals surface area (Å²) >= 11 is 1.09. The van der Waals surface area contributed by atoms with E-state index in [4.69, 9.17) is 9.47 Å². The number of thiazole rings is 1. The van der Waals surface area contributed by atoms with E-state index in [0.717, 1.165) is 24.2 Å². The molecule has 1 heterocycles. The van der Waals surface area contributed by atoms with E-state index in [1.807, 2.05) is 0 Å². The van der Waals surface area contributed by atoms with Gasteiger partial charge in [0.05, 0.1) is 28.9 Å². The van der Waals surface area contributed by atoms with E-state index in [1.54, 1.807) is 24.3 Å². The van der Waals surface area contributed by atoms with E-state index in [-0.39, 0.29) is 17.0 Å². The topological polar surface area (TPSA) is 113 Å². The second-order valence-corrected chi connectivity index (χ2v) is 7.61. The maximum Gasteiger partial charge on any atom is 0.325 e. The maximum atomic E-state index is 12.7. The third-order valence-corrected chi connectivity index (χ3v) is 5.50. The number of methoxy groups -OCH3 is 1. The largest absolute Gasteiger partial charge is 0.494 e. The molecule has 0 bridgehead atoms. The van der Waals surface area contributed by atoms with Crippen molar-refractivity contribution < 1.29 is 24.0 Å². The van der Waals surface area contributed by atoms with E-state index >= 15 is 0 Å². The van der Waals surface area contributed by atoms with Crippen LogP contribution in [0.4, 0.5) is 5.69 Å². The van der Waals surface area contributed by atoms with Crippen LogP contribution in [-0.2, 0) is 16.1 Å². The van der Waals surface area contributed by atoms with Gasteiger partial charge in [-0.05, 0) is 36.8 Å². The van der Waals surface area contributed by atoms with E-state index in [0.29, 0.717) is 28.1 Å². The Bertz CT molecular complexity index is 1180. The molecule has 162 valence electrons. The molecular formula is C21H21N3O6S. The first kappa shape index (κ1) is 22.2. The molecule has 3 aromatic rings. The van der Waals surface area contributed by atoms with Crippen LogP contribution in [0.5, 0.6) is 5.75 Å². The number of amides is 1. The van der Waals surface area contributed by atoms with Gasteiger partial charge in [0, 0.05) is 17.7 Å². The number of nitrogens with zero attached hydrogens (tertiary/aromatic N) is 3. The number of aromatic nitrogens is 1. The van der Waals surface area contributed by atoms with Crippen molar-refractivity contribution in [2.24, 2.45) is 4.99 Å². The molecule has 0 saturated carbocycles. The molecule has 0 N–H and O–H groups in total. The van der Waals surface area contributed by atoms with Gasteiger partial charge in [0.15, 0.2) is 4.80 Å². The molecule has 0 radical (unpaired) electrons. The minimum atomic E-state index is -0.527. The summed E-state index contributed by atoms with van der Waals surface area (Å²) in [5.41, 5.74) is 0.818. The third kappa shape index (κ3) is 5.34. The van der Waals surface area contributed by atoms with Crippen LogP contribution in [0, 0.1) is 10.1 Å². The molecule has 0 aliphatic carbocycles. The molecule has 0 atom stereocenters. The average Bonchev–Trinajstić information content (AvgIpc) is 3.10. The first-order valence-corrected chi connectivity index (χ1v) is 10.4. The lowest BCUT2D eigenvalue weighted by Gasteiger charge is -2.05. The highest BCUT2D eigenvalue weighted by molar-refractivity contribution is 7.16. The number of fused-ring (bicyclic) bond motifs is 1. The first-order chi connectivity index (χ1) is 14.9. The normalized spacial score (nSPS) is 11.5. The number of rotatable bonds is 8. The van der Waals surface area contributed by atoms with Gasteiger partial charge in [-0.1, -0.05) is 24.7 Å². The summed E-state index contributed by atoms with van der Waals surface area (Å²) in [4.78, 5) is 39.5. The van der Waals surface area contributed by atoms with Crippen molar-refractivity contribution in [2.75, 3.05) is 13.7 Å². The zero-order chi connectivity index (χ0) is 22.4. The van der Waals surface area contributed by atoms with Crippen molar-refractivity contribution in [2.45, 2.75) is 26.3 Å². The smallest absolute Gasteiger partial charge is 0.325 e. The molecule has 0 unspecified atom stereocenters. The molecule has 0 saturated heterocycles.